The third-order valence-corrected chi connectivity index (χ3v) is 4.76. The fraction of sp³-hybridized carbons (Fsp3) is 0.625. The number of aromatic nitrogens is 5. The lowest BCUT2D eigenvalue weighted by molar-refractivity contribution is 0.461. The highest BCUT2D eigenvalue weighted by molar-refractivity contribution is 5.30. The molecule has 4 rings (SSSR count). The van der Waals surface area contributed by atoms with Gasteiger partial charge in [0.2, 0.25) is 5.95 Å². The molecule has 0 N–H and O–H groups in total. The van der Waals surface area contributed by atoms with Crippen molar-refractivity contribution in [2.75, 3.05) is 18.0 Å². The predicted molar refractivity (Wildman–Crippen MR) is 83.8 cm³/mol. The lowest BCUT2D eigenvalue weighted by Crippen LogP contribution is -2.36. The molecule has 0 saturated carbocycles. The summed E-state index contributed by atoms with van der Waals surface area (Å²) < 4.78 is 2.38. The molecule has 22 heavy (non-hydrogen) atoms. The van der Waals surface area contributed by atoms with E-state index in [0.717, 1.165) is 38.4 Å². The van der Waals surface area contributed by atoms with Crippen LogP contribution in [0.25, 0.3) is 0 Å². The number of piperidine rings is 1. The molecule has 2 aromatic rings. The van der Waals surface area contributed by atoms with E-state index in [1.165, 1.54) is 37.3 Å². The topological polar surface area (TPSA) is 59.7 Å². The van der Waals surface area contributed by atoms with Gasteiger partial charge in [0.15, 0.2) is 0 Å². The van der Waals surface area contributed by atoms with Crippen molar-refractivity contribution in [1.29, 1.82) is 0 Å². The zero-order valence-corrected chi connectivity index (χ0v) is 12.9. The molecule has 0 spiro atoms. The van der Waals surface area contributed by atoms with Crippen molar-refractivity contribution in [1.82, 2.24) is 24.7 Å². The van der Waals surface area contributed by atoms with E-state index in [2.05, 4.69) is 29.6 Å². The van der Waals surface area contributed by atoms with Gasteiger partial charge in [0.05, 0.1) is 0 Å². The molecular weight excluding hydrogens is 276 g/mol. The lowest BCUT2D eigenvalue weighted by atomic mass is 9.97. The van der Waals surface area contributed by atoms with Crippen molar-refractivity contribution < 1.29 is 0 Å². The second kappa shape index (κ2) is 6.02. The fourth-order valence-corrected chi connectivity index (χ4v) is 3.63. The van der Waals surface area contributed by atoms with Gasteiger partial charge in [-0.1, -0.05) is 6.42 Å². The number of nitrogens with zero attached hydrogens (tertiary/aromatic N) is 6. The molecule has 4 heterocycles. The van der Waals surface area contributed by atoms with Gasteiger partial charge in [0.1, 0.15) is 11.6 Å². The highest BCUT2D eigenvalue weighted by atomic mass is 15.3. The molecule has 1 fully saturated rings. The maximum Gasteiger partial charge on any atom is 0.225 e. The second-order valence-electron chi connectivity index (χ2n) is 6.27. The minimum Gasteiger partial charge on any atom is -0.340 e. The molecule has 2 aromatic heterocycles. The fourth-order valence-electron chi connectivity index (χ4n) is 3.63. The maximum atomic E-state index is 4.54. The van der Waals surface area contributed by atoms with E-state index in [-0.39, 0.29) is 0 Å². The van der Waals surface area contributed by atoms with E-state index >= 15 is 0 Å². The molecule has 0 unspecified atom stereocenters. The first-order valence-corrected chi connectivity index (χ1v) is 8.36. The van der Waals surface area contributed by atoms with E-state index in [0.29, 0.717) is 5.92 Å². The van der Waals surface area contributed by atoms with Crippen LogP contribution in [0.2, 0.25) is 0 Å². The van der Waals surface area contributed by atoms with Crippen molar-refractivity contribution >= 4 is 5.95 Å². The molecular formula is C16H22N6. The Hall–Kier alpha value is -1.98. The molecule has 2 aliphatic rings. The summed E-state index contributed by atoms with van der Waals surface area (Å²) in [6.07, 6.45) is 10.8. The van der Waals surface area contributed by atoms with Crippen molar-refractivity contribution in [2.24, 2.45) is 0 Å². The molecule has 0 aliphatic carbocycles. The summed E-state index contributed by atoms with van der Waals surface area (Å²) in [5.41, 5.74) is 0. The summed E-state index contributed by atoms with van der Waals surface area (Å²) in [6, 6.07) is 1.86. The van der Waals surface area contributed by atoms with Crippen LogP contribution in [0.4, 0.5) is 5.95 Å². The monoisotopic (exact) mass is 298 g/mol. The minimum atomic E-state index is 0.442. The van der Waals surface area contributed by atoms with Gasteiger partial charge >= 0.3 is 0 Å². The molecule has 2 aliphatic heterocycles. The largest absolute Gasteiger partial charge is 0.340 e. The maximum absolute atomic E-state index is 4.54. The van der Waals surface area contributed by atoms with E-state index in [1.54, 1.807) is 0 Å². The Morgan fingerprint density at radius 2 is 1.86 bits per heavy atom. The highest BCUT2D eigenvalue weighted by Gasteiger charge is 2.28. The molecule has 0 radical (unpaired) electrons. The average Bonchev–Trinajstić information content (AvgIpc) is 2.84. The first kappa shape index (κ1) is 13.7. The van der Waals surface area contributed by atoms with Crippen LogP contribution in [0.15, 0.2) is 18.5 Å². The third-order valence-electron chi connectivity index (χ3n) is 4.76. The summed E-state index contributed by atoms with van der Waals surface area (Å²) >= 11 is 0. The standard InChI is InChI=1S/C16H22N6/c1-2-7-14-19-20-15(22(14)11-3-1)13-6-4-10-21(12-13)16-17-8-5-9-18-16/h5,8-9,13H,1-4,6-7,10-12H2/t13-/m1/s1. The van der Waals surface area contributed by atoms with Gasteiger partial charge in [0.25, 0.3) is 0 Å². The van der Waals surface area contributed by atoms with Crippen molar-refractivity contribution in [3.05, 3.63) is 30.1 Å². The number of hydrogen-bond acceptors (Lipinski definition) is 5. The van der Waals surface area contributed by atoms with Crippen LogP contribution in [0.3, 0.4) is 0 Å². The van der Waals surface area contributed by atoms with Gasteiger partial charge in [0, 0.05) is 44.4 Å². The van der Waals surface area contributed by atoms with Crippen LogP contribution in [-0.2, 0) is 13.0 Å². The number of rotatable bonds is 2. The van der Waals surface area contributed by atoms with Crippen molar-refractivity contribution in [2.45, 2.75) is 51.0 Å². The molecule has 1 atom stereocenters. The van der Waals surface area contributed by atoms with E-state index in [4.69, 9.17) is 0 Å². The molecule has 0 amide bonds. The molecule has 0 bridgehead atoms. The molecule has 0 aromatic carbocycles. The van der Waals surface area contributed by atoms with Gasteiger partial charge in [-0.15, -0.1) is 10.2 Å². The quantitative estimate of drug-likeness (QED) is 0.850. The van der Waals surface area contributed by atoms with Gasteiger partial charge < -0.3 is 9.47 Å². The molecule has 6 nitrogen and oxygen atoms in total. The summed E-state index contributed by atoms with van der Waals surface area (Å²) in [5, 5.41) is 8.99. The lowest BCUT2D eigenvalue weighted by Gasteiger charge is -2.32. The van der Waals surface area contributed by atoms with Crippen molar-refractivity contribution in [3.63, 3.8) is 0 Å². The van der Waals surface area contributed by atoms with Gasteiger partial charge in [-0.05, 0) is 31.7 Å². The summed E-state index contributed by atoms with van der Waals surface area (Å²) in [6.45, 7) is 3.06. The number of hydrogen-bond donors (Lipinski definition) is 0. The van der Waals surface area contributed by atoms with Crippen LogP contribution in [-0.4, -0.2) is 37.8 Å². The Bertz CT molecular complexity index is 623. The zero-order valence-electron chi connectivity index (χ0n) is 12.9. The number of anilines is 1. The number of fused-ring (bicyclic) bond motifs is 1. The summed E-state index contributed by atoms with van der Waals surface area (Å²) in [5.74, 6) is 3.64. The molecule has 116 valence electrons. The summed E-state index contributed by atoms with van der Waals surface area (Å²) in [7, 11) is 0. The number of aryl methyl sites for hydroxylation is 1. The van der Waals surface area contributed by atoms with Crippen LogP contribution in [0, 0.1) is 0 Å². The minimum absolute atomic E-state index is 0.442. The smallest absolute Gasteiger partial charge is 0.225 e. The van der Waals surface area contributed by atoms with Crippen LogP contribution in [0.5, 0.6) is 0 Å². The van der Waals surface area contributed by atoms with Gasteiger partial charge in [-0.3, -0.25) is 0 Å². The first-order valence-electron chi connectivity index (χ1n) is 8.36. The van der Waals surface area contributed by atoms with Crippen molar-refractivity contribution in [3.8, 4) is 0 Å². The van der Waals surface area contributed by atoms with Crippen LogP contribution in [0.1, 0.15) is 49.7 Å². The van der Waals surface area contributed by atoms with Gasteiger partial charge in [-0.25, -0.2) is 9.97 Å². The highest BCUT2D eigenvalue weighted by Crippen LogP contribution is 2.29. The summed E-state index contributed by atoms with van der Waals surface area (Å²) in [4.78, 5) is 11.1. The van der Waals surface area contributed by atoms with E-state index < -0.39 is 0 Å². The Kier molecular flexibility index (Phi) is 3.74. The molecule has 6 heteroatoms. The van der Waals surface area contributed by atoms with Crippen LogP contribution >= 0.6 is 0 Å². The first-order chi connectivity index (χ1) is 10.9. The Morgan fingerprint density at radius 1 is 0.955 bits per heavy atom. The van der Waals surface area contributed by atoms with Crippen LogP contribution < -0.4 is 4.90 Å². The third kappa shape index (κ3) is 2.58. The van der Waals surface area contributed by atoms with Gasteiger partial charge in [-0.2, -0.15) is 0 Å². The Morgan fingerprint density at radius 3 is 2.77 bits per heavy atom. The molecule has 1 saturated heterocycles. The average molecular weight is 298 g/mol. The van der Waals surface area contributed by atoms with E-state index in [1.807, 2.05) is 18.5 Å². The second-order valence-corrected chi connectivity index (χ2v) is 6.27. The van der Waals surface area contributed by atoms with E-state index in [9.17, 15) is 0 Å². The Labute approximate surface area is 130 Å². The Balaban J connectivity index is 1.57. The SMILES string of the molecule is c1cnc(N2CCC[C@@H](c3nnc4n3CCCCC4)C2)nc1. The predicted octanol–water partition coefficient (Wildman–Crippen LogP) is 2.18. The zero-order chi connectivity index (χ0) is 14.8. The normalized spacial score (nSPS) is 22.2.